The van der Waals surface area contributed by atoms with Crippen molar-refractivity contribution in [1.29, 1.82) is 5.26 Å². The number of pyridine rings is 1. The predicted octanol–water partition coefficient (Wildman–Crippen LogP) is 2.39. The Kier molecular flexibility index (Phi) is 2.61. The molecule has 1 saturated heterocycles. The minimum absolute atomic E-state index is 0.263. The average Bonchev–Trinajstić information content (AvgIpc) is 2.94. The maximum atomic E-state index is 9.10. The topological polar surface area (TPSA) is 53.1 Å². The number of nitriles is 1. The highest BCUT2D eigenvalue weighted by atomic mass is 79.9. The maximum absolute atomic E-state index is 9.10. The summed E-state index contributed by atoms with van der Waals surface area (Å²) >= 11 is 3.45. The van der Waals surface area contributed by atoms with Gasteiger partial charge in [-0.25, -0.2) is 4.98 Å². The van der Waals surface area contributed by atoms with Gasteiger partial charge in [-0.15, -0.1) is 0 Å². The summed E-state index contributed by atoms with van der Waals surface area (Å²) in [6.07, 6.45) is 4.21. The number of hydrogen-bond donors (Lipinski definition) is 1. The fourth-order valence-electron chi connectivity index (χ4n) is 2.32. The molecule has 0 aromatic carbocycles. The molecule has 0 saturated carbocycles. The molecule has 1 unspecified atom stereocenters. The van der Waals surface area contributed by atoms with Crippen LogP contribution in [0.2, 0.25) is 0 Å². The highest BCUT2D eigenvalue weighted by molar-refractivity contribution is 9.10. The van der Waals surface area contributed by atoms with Crippen LogP contribution in [0.3, 0.4) is 0 Å². The highest BCUT2D eigenvalue weighted by Crippen LogP contribution is 2.26. The third-order valence-corrected chi connectivity index (χ3v) is 3.58. The van der Waals surface area contributed by atoms with Crippen molar-refractivity contribution in [3.63, 3.8) is 0 Å². The van der Waals surface area contributed by atoms with Crippen LogP contribution in [0, 0.1) is 11.3 Å². The van der Waals surface area contributed by atoms with Crippen molar-refractivity contribution in [1.82, 2.24) is 14.7 Å². The molecule has 86 valence electrons. The monoisotopic (exact) mass is 290 g/mol. The molecule has 0 bridgehead atoms. The molecule has 0 aliphatic carbocycles. The molecule has 1 aliphatic rings. The third kappa shape index (κ3) is 1.74. The standard InChI is InChI=1S/C12H11BrN4/c13-8-3-4-11-10(6-14)16-12(17(11)7-8)9-2-1-5-15-9/h3-4,7,9,15H,1-2,5H2. The first-order valence-corrected chi connectivity index (χ1v) is 6.40. The molecular formula is C12H11BrN4. The number of nitrogens with zero attached hydrogens (tertiary/aromatic N) is 3. The Bertz CT molecular complexity index is 605. The first-order chi connectivity index (χ1) is 8.29. The first kappa shape index (κ1) is 10.8. The van der Waals surface area contributed by atoms with E-state index in [1.807, 2.05) is 22.7 Å². The molecule has 5 heteroatoms. The van der Waals surface area contributed by atoms with Crippen molar-refractivity contribution in [3.05, 3.63) is 34.3 Å². The lowest BCUT2D eigenvalue weighted by Crippen LogP contribution is -2.15. The summed E-state index contributed by atoms with van der Waals surface area (Å²) in [5.41, 5.74) is 1.38. The van der Waals surface area contributed by atoms with Gasteiger partial charge in [-0.3, -0.25) is 4.40 Å². The van der Waals surface area contributed by atoms with Crippen LogP contribution in [-0.4, -0.2) is 15.9 Å². The molecule has 0 radical (unpaired) electrons. The quantitative estimate of drug-likeness (QED) is 0.877. The van der Waals surface area contributed by atoms with Crippen LogP contribution < -0.4 is 5.32 Å². The summed E-state index contributed by atoms with van der Waals surface area (Å²) in [5.74, 6) is 0.940. The van der Waals surface area contributed by atoms with E-state index in [0.717, 1.165) is 35.2 Å². The molecule has 1 fully saturated rings. The summed E-state index contributed by atoms with van der Waals surface area (Å²) in [6, 6.07) is 6.28. The van der Waals surface area contributed by atoms with Crippen molar-refractivity contribution in [2.75, 3.05) is 6.54 Å². The molecule has 0 spiro atoms. The smallest absolute Gasteiger partial charge is 0.166 e. The number of imidazole rings is 1. The Balaban J connectivity index is 2.23. The minimum atomic E-state index is 0.263. The Hall–Kier alpha value is -1.38. The second kappa shape index (κ2) is 4.13. The predicted molar refractivity (Wildman–Crippen MR) is 67.6 cm³/mol. The zero-order valence-corrected chi connectivity index (χ0v) is 10.7. The zero-order chi connectivity index (χ0) is 11.8. The molecule has 4 nitrogen and oxygen atoms in total. The van der Waals surface area contributed by atoms with Gasteiger partial charge in [-0.1, -0.05) is 0 Å². The Morgan fingerprint density at radius 3 is 3.12 bits per heavy atom. The molecule has 2 aromatic heterocycles. The molecule has 2 aromatic rings. The SMILES string of the molecule is N#Cc1nc(C2CCCN2)n2cc(Br)ccc12. The van der Waals surface area contributed by atoms with E-state index in [4.69, 9.17) is 5.26 Å². The van der Waals surface area contributed by atoms with Crippen LogP contribution in [0.15, 0.2) is 22.8 Å². The Labute approximate surface area is 107 Å². The van der Waals surface area contributed by atoms with Gasteiger partial charge >= 0.3 is 0 Å². The second-order valence-electron chi connectivity index (χ2n) is 4.18. The van der Waals surface area contributed by atoms with Crippen molar-refractivity contribution >= 4 is 21.4 Å². The van der Waals surface area contributed by atoms with E-state index in [0.29, 0.717) is 5.69 Å². The average molecular weight is 291 g/mol. The van der Waals surface area contributed by atoms with Gasteiger partial charge in [0.2, 0.25) is 0 Å². The number of halogens is 1. The second-order valence-corrected chi connectivity index (χ2v) is 5.10. The van der Waals surface area contributed by atoms with Crippen LogP contribution in [0.1, 0.15) is 30.4 Å². The molecule has 17 heavy (non-hydrogen) atoms. The van der Waals surface area contributed by atoms with Crippen molar-refractivity contribution in [3.8, 4) is 6.07 Å². The van der Waals surface area contributed by atoms with Gasteiger partial charge in [0.1, 0.15) is 11.9 Å². The van der Waals surface area contributed by atoms with Crippen molar-refractivity contribution < 1.29 is 0 Å². The molecule has 1 aliphatic heterocycles. The molecule has 1 atom stereocenters. The van der Waals surface area contributed by atoms with E-state index in [1.165, 1.54) is 0 Å². The van der Waals surface area contributed by atoms with E-state index in [-0.39, 0.29) is 6.04 Å². The van der Waals surface area contributed by atoms with E-state index >= 15 is 0 Å². The molecule has 3 rings (SSSR count). The minimum Gasteiger partial charge on any atom is -0.307 e. The third-order valence-electron chi connectivity index (χ3n) is 3.11. The molecule has 3 heterocycles. The van der Waals surface area contributed by atoms with Crippen molar-refractivity contribution in [2.45, 2.75) is 18.9 Å². The van der Waals surface area contributed by atoms with Crippen LogP contribution in [-0.2, 0) is 0 Å². The normalized spacial score (nSPS) is 19.6. The molecule has 1 N–H and O–H groups in total. The van der Waals surface area contributed by atoms with Crippen LogP contribution >= 0.6 is 15.9 Å². The Morgan fingerprint density at radius 2 is 2.41 bits per heavy atom. The number of rotatable bonds is 1. The summed E-state index contributed by atoms with van der Waals surface area (Å²) in [4.78, 5) is 4.45. The van der Waals surface area contributed by atoms with Gasteiger partial charge in [0.05, 0.1) is 11.6 Å². The van der Waals surface area contributed by atoms with Crippen LogP contribution in [0.5, 0.6) is 0 Å². The molecule has 0 amide bonds. The lowest BCUT2D eigenvalue weighted by atomic mass is 10.2. The van der Waals surface area contributed by atoms with Gasteiger partial charge in [0.15, 0.2) is 5.69 Å². The fraction of sp³-hybridized carbons (Fsp3) is 0.333. The number of hydrogen-bond acceptors (Lipinski definition) is 3. The largest absolute Gasteiger partial charge is 0.307 e. The number of aromatic nitrogens is 2. The van der Waals surface area contributed by atoms with E-state index in [2.05, 4.69) is 32.3 Å². The number of nitrogens with one attached hydrogen (secondary N) is 1. The van der Waals surface area contributed by atoms with Gasteiger partial charge in [-0.2, -0.15) is 5.26 Å². The van der Waals surface area contributed by atoms with Crippen molar-refractivity contribution in [2.24, 2.45) is 0 Å². The number of fused-ring (bicyclic) bond motifs is 1. The first-order valence-electron chi connectivity index (χ1n) is 5.60. The van der Waals surface area contributed by atoms with Crippen LogP contribution in [0.25, 0.3) is 5.52 Å². The summed E-state index contributed by atoms with van der Waals surface area (Å²) in [6.45, 7) is 1.02. The maximum Gasteiger partial charge on any atom is 0.166 e. The highest BCUT2D eigenvalue weighted by Gasteiger charge is 2.22. The van der Waals surface area contributed by atoms with Gasteiger partial charge < -0.3 is 5.32 Å². The summed E-state index contributed by atoms with van der Waals surface area (Å²) in [7, 11) is 0. The lowest BCUT2D eigenvalue weighted by molar-refractivity contribution is 0.602. The zero-order valence-electron chi connectivity index (χ0n) is 9.15. The molecular weight excluding hydrogens is 280 g/mol. The van der Waals surface area contributed by atoms with Gasteiger partial charge in [-0.05, 0) is 47.4 Å². The van der Waals surface area contributed by atoms with Gasteiger partial charge in [0, 0.05) is 10.7 Å². The Morgan fingerprint density at radius 1 is 1.53 bits per heavy atom. The van der Waals surface area contributed by atoms with E-state index in [9.17, 15) is 0 Å². The van der Waals surface area contributed by atoms with Crippen LogP contribution in [0.4, 0.5) is 0 Å². The fourth-order valence-corrected chi connectivity index (χ4v) is 2.65. The lowest BCUT2D eigenvalue weighted by Gasteiger charge is -2.08. The van der Waals surface area contributed by atoms with E-state index < -0.39 is 0 Å². The van der Waals surface area contributed by atoms with Gasteiger partial charge in [0.25, 0.3) is 0 Å². The van der Waals surface area contributed by atoms with E-state index in [1.54, 1.807) is 0 Å². The summed E-state index contributed by atoms with van der Waals surface area (Å²) < 4.78 is 3.00. The summed E-state index contributed by atoms with van der Waals surface area (Å²) in [5, 5.41) is 12.5.